The number of nitrogens with zero attached hydrogens (tertiary/aromatic N) is 4. The number of H-pyrrole nitrogens is 2. The molecule has 1 aromatic carbocycles. The SMILES string of the molecule is COc1cc2[nH]nc(-c3cn[nH]c3)c2nc1-c1cccc2c1CCC2C#N. The Morgan fingerprint density at radius 2 is 2.22 bits per heavy atom. The van der Waals surface area contributed by atoms with Crippen molar-refractivity contribution in [2.45, 2.75) is 18.8 Å². The summed E-state index contributed by atoms with van der Waals surface area (Å²) in [6.07, 6.45) is 5.23. The zero-order chi connectivity index (χ0) is 18.4. The topological polar surface area (TPSA) is 103 Å². The van der Waals surface area contributed by atoms with Gasteiger partial charge in [0, 0.05) is 23.4 Å². The maximum Gasteiger partial charge on any atom is 0.147 e. The molecule has 0 fully saturated rings. The molecule has 0 spiro atoms. The Kier molecular flexibility index (Phi) is 3.44. The van der Waals surface area contributed by atoms with E-state index in [9.17, 15) is 5.26 Å². The van der Waals surface area contributed by atoms with Crippen LogP contribution in [-0.2, 0) is 6.42 Å². The lowest BCUT2D eigenvalue weighted by molar-refractivity contribution is 0.415. The van der Waals surface area contributed by atoms with Crippen molar-refractivity contribution in [3.8, 4) is 34.3 Å². The predicted molar refractivity (Wildman–Crippen MR) is 100 cm³/mol. The van der Waals surface area contributed by atoms with Crippen molar-refractivity contribution in [2.24, 2.45) is 0 Å². The summed E-state index contributed by atoms with van der Waals surface area (Å²) < 4.78 is 5.63. The first kappa shape index (κ1) is 15.6. The maximum absolute atomic E-state index is 9.42. The molecule has 4 aromatic rings. The van der Waals surface area contributed by atoms with Crippen molar-refractivity contribution in [3.63, 3.8) is 0 Å². The number of rotatable bonds is 3. The number of nitriles is 1. The Balaban J connectivity index is 1.76. The molecule has 2 N–H and O–H groups in total. The first-order valence-corrected chi connectivity index (χ1v) is 8.74. The number of methoxy groups -OCH3 is 1. The predicted octanol–water partition coefficient (Wildman–Crippen LogP) is 3.58. The molecular weight excluding hydrogens is 340 g/mol. The molecule has 1 unspecified atom stereocenters. The van der Waals surface area contributed by atoms with Gasteiger partial charge in [-0.3, -0.25) is 10.2 Å². The van der Waals surface area contributed by atoms with E-state index in [4.69, 9.17) is 9.72 Å². The Labute approximate surface area is 155 Å². The van der Waals surface area contributed by atoms with E-state index in [2.05, 4.69) is 26.5 Å². The second-order valence-electron chi connectivity index (χ2n) is 6.59. The van der Waals surface area contributed by atoms with Crippen LogP contribution in [0.2, 0.25) is 0 Å². The molecule has 0 amide bonds. The number of nitrogens with one attached hydrogen (secondary N) is 2. The molecule has 0 bridgehead atoms. The average molecular weight is 356 g/mol. The van der Waals surface area contributed by atoms with Gasteiger partial charge in [0.05, 0.1) is 30.8 Å². The van der Waals surface area contributed by atoms with Crippen molar-refractivity contribution in [1.29, 1.82) is 5.26 Å². The van der Waals surface area contributed by atoms with Crippen LogP contribution >= 0.6 is 0 Å². The van der Waals surface area contributed by atoms with Gasteiger partial charge in [-0.1, -0.05) is 18.2 Å². The van der Waals surface area contributed by atoms with Gasteiger partial charge in [-0.2, -0.15) is 15.5 Å². The van der Waals surface area contributed by atoms with Crippen molar-refractivity contribution in [3.05, 3.63) is 47.8 Å². The van der Waals surface area contributed by atoms with Crippen LogP contribution in [0.15, 0.2) is 36.7 Å². The summed E-state index contributed by atoms with van der Waals surface area (Å²) in [6.45, 7) is 0. The normalized spacial score (nSPS) is 15.6. The molecule has 0 radical (unpaired) electrons. The zero-order valence-electron chi connectivity index (χ0n) is 14.7. The molecule has 0 saturated heterocycles. The number of hydrogen-bond donors (Lipinski definition) is 2. The van der Waals surface area contributed by atoms with Gasteiger partial charge in [0.1, 0.15) is 22.7 Å². The molecule has 3 aromatic heterocycles. The molecule has 3 heterocycles. The Bertz CT molecular complexity index is 1190. The average Bonchev–Trinajstić information content (AvgIpc) is 3.44. The number of aromatic nitrogens is 5. The van der Waals surface area contributed by atoms with Gasteiger partial charge in [-0.15, -0.1) is 0 Å². The van der Waals surface area contributed by atoms with Crippen molar-refractivity contribution in [1.82, 2.24) is 25.4 Å². The lowest BCUT2D eigenvalue weighted by Gasteiger charge is -2.12. The fourth-order valence-corrected chi connectivity index (χ4v) is 3.87. The van der Waals surface area contributed by atoms with E-state index in [0.717, 1.165) is 52.0 Å². The number of pyridine rings is 1. The van der Waals surface area contributed by atoms with Crippen LogP contribution in [0.1, 0.15) is 23.5 Å². The molecule has 0 saturated carbocycles. The van der Waals surface area contributed by atoms with Crippen molar-refractivity contribution >= 4 is 11.0 Å². The van der Waals surface area contributed by atoms with Gasteiger partial charge in [0.2, 0.25) is 0 Å². The van der Waals surface area contributed by atoms with E-state index in [0.29, 0.717) is 5.75 Å². The van der Waals surface area contributed by atoms with Gasteiger partial charge in [-0.05, 0) is 24.0 Å². The summed E-state index contributed by atoms with van der Waals surface area (Å²) in [5.41, 5.74) is 7.24. The molecule has 7 heteroatoms. The third-order valence-electron chi connectivity index (χ3n) is 5.17. The first-order valence-electron chi connectivity index (χ1n) is 8.74. The molecular formula is C20H16N6O. The number of hydrogen-bond acceptors (Lipinski definition) is 5. The molecule has 1 aliphatic rings. The minimum absolute atomic E-state index is 0.0508. The summed E-state index contributed by atoms with van der Waals surface area (Å²) >= 11 is 0. The second-order valence-corrected chi connectivity index (χ2v) is 6.59. The van der Waals surface area contributed by atoms with E-state index < -0.39 is 0 Å². The fourth-order valence-electron chi connectivity index (χ4n) is 3.87. The van der Waals surface area contributed by atoms with Crippen LogP contribution in [0.3, 0.4) is 0 Å². The van der Waals surface area contributed by atoms with Crippen molar-refractivity contribution < 1.29 is 4.74 Å². The number of aromatic amines is 2. The summed E-state index contributed by atoms with van der Waals surface area (Å²) in [4.78, 5) is 4.92. The molecule has 5 rings (SSSR count). The molecule has 7 nitrogen and oxygen atoms in total. The summed E-state index contributed by atoms with van der Waals surface area (Å²) in [5.74, 6) is 0.629. The lowest BCUT2D eigenvalue weighted by Crippen LogP contribution is -1.96. The van der Waals surface area contributed by atoms with Gasteiger partial charge >= 0.3 is 0 Å². The highest BCUT2D eigenvalue weighted by Gasteiger charge is 2.26. The molecule has 1 aliphatic carbocycles. The number of fused-ring (bicyclic) bond motifs is 2. The molecule has 1 atom stereocenters. The highest BCUT2D eigenvalue weighted by atomic mass is 16.5. The Morgan fingerprint density at radius 1 is 1.30 bits per heavy atom. The third-order valence-corrected chi connectivity index (χ3v) is 5.17. The van der Waals surface area contributed by atoms with Gasteiger partial charge < -0.3 is 4.74 Å². The number of benzene rings is 1. The van der Waals surface area contributed by atoms with Crippen LogP contribution < -0.4 is 4.74 Å². The van der Waals surface area contributed by atoms with E-state index in [1.165, 1.54) is 5.56 Å². The van der Waals surface area contributed by atoms with E-state index in [-0.39, 0.29) is 5.92 Å². The summed E-state index contributed by atoms with van der Waals surface area (Å²) in [5, 5.41) is 23.7. The monoisotopic (exact) mass is 356 g/mol. The van der Waals surface area contributed by atoms with Crippen LogP contribution in [0.25, 0.3) is 33.5 Å². The molecule has 132 valence electrons. The van der Waals surface area contributed by atoms with E-state index in [1.807, 2.05) is 24.3 Å². The fraction of sp³-hybridized carbons (Fsp3) is 0.200. The highest BCUT2D eigenvalue weighted by Crippen LogP contribution is 2.41. The number of ether oxygens (including phenoxy) is 1. The van der Waals surface area contributed by atoms with Crippen LogP contribution in [0.4, 0.5) is 0 Å². The Hall–Kier alpha value is -3.66. The van der Waals surface area contributed by atoms with Gasteiger partial charge in [0.25, 0.3) is 0 Å². The van der Waals surface area contributed by atoms with Crippen LogP contribution in [0, 0.1) is 11.3 Å². The minimum atomic E-state index is -0.0508. The van der Waals surface area contributed by atoms with E-state index >= 15 is 0 Å². The third kappa shape index (κ3) is 2.30. The maximum atomic E-state index is 9.42. The van der Waals surface area contributed by atoms with Crippen molar-refractivity contribution in [2.75, 3.05) is 7.11 Å². The van der Waals surface area contributed by atoms with Gasteiger partial charge in [0.15, 0.2) is 0 Å². The Morgan fingerprint density at radius 3 is 3.00 bits per heavy atom. The molecule has 0 aliphatic heterocycles. The lowest BCUT2D eigenvalue weighted by atomic mass is 9.97. The zero-order valence-corrected chi connectivity index (χ0v) is 14.7. The van der Waals surface area contributed by atoms with Gasteiger partial charge in [-0.25, -0.2) is 4.98 Å². The van der Waals surface area contributed by atoms with Crippen LogP contribution in [0.5, 0.6) is 5.75 Å². The van der Waals surface area contributed by atoms with E-state index in [1.54, 1.807) is 19.5 Å². The standard InChI is InChI=1S/C20H16N6O/c1-27-17-7-16-20(18(26-25-16)12-9-22-23-10-12)24-19(17)15-4-2-3-13-11(8-21)5-6-14(13)15/h2-4,7,9-11H,5-6H2,1H3,(H,22,23)(H,25,26). The second kappa shape index (κ2) is 5.95. The minimum Gasteiger partial charge on any atom is -0.494 e. The summed E-state index contributed by atoms with van der Waals surface area (Å²) in [7, 11) is 1.64. The smallest absolute Gasteiger partial charge is 0.147 e. The first-order chi connectivity index (χ1) is 13.3. The largest absolute Gasteiger partial charge is 0.494 e. The molecule has 27 heavy (non-hydrogen) atoms. The van der Waals surface area contributed by atoms with Crippen LogP contribution in [-0.4, -0.2) is 32.5 Å². The quantitative estimate of drug-likeness (QED) is 0.584. The highest BCUT2D eigenvalue weighted by molar-refractivity contribution is 5.92. The summed E-state index contributed by atoms with van der Waals surface area (Å²) in [6, 6.07) is 10.4.